The van der Waals surface area contributed by atoms with Crippen LogP contribution in [0.2, 0.25) is 0 Å². The van der Waals surface area contributed by atoms with Crippen LogP contribution in [0.5, 0.6) is 0 Å². The number of hydrogen-bond acceptors (Lipinski definition) is 3. The van der Waals surface area contributed by atoms with Gasteiger partial charge in [-0.2, -0.15) is 0 Å². The molecule has 1 aliphatic carbocycles. The Hall–Kier alpha value is -1.88. The number of halogens is 1. The number of anilines is 1. The van der Waals surface area contributed by atoms with E-state index < -0.39 is 0 Å². The largest absolute Gasteiger partial charge is 0.357 e. The van der Waals surface area contributed by atoms with Crippen molar-refractivity contribution in [3.05, 3.63) is 58.2 Å². The maximum atomic E-state index is 13.0. The van der Waals surface area contributed by atoms with Crippen LogP contribution in [0.15, 0.2) is 47.1 Å². The lowest BCUT2D eigenvalue weighted by molar-refractivity contribution is 0.0729. The number of carbonyl (C=O) groups is 1. The molecule has 0 radical (unpaired) electrons. The summed E-state index contributed by atoms with van der Waals surface area (Å²) >= 11 is 3.50. The van der Waals surface area contributed by atoms with E-state index in [2.05, 4.69) is 51.8 Å². The zero-order valence-corrected chi connectivity index (χ0v) is 16.4. The molecule has 1 amide bonds. The summed E-state index contributed by atoms with van der Waals surface area (Å²) in [5, 5.41) is 0. The number of rotatable bonds is 7. The molecule has 1 aliphatic rings. The minimum atomic E-state index is 0.0704. The first-order valence-electron chi connectivity index (χ1n) is 8.88. The second-order valence-electron chi connectivity index (χ2n) is 6.37. The van der Waals surface area contributed by atoms with Gasteiger partial charge in [0.2, 0.25) is 0 Å². The standard InChI is InChI=1S/C20H24BrN3O/c1-3-23(4-2)19-11-8-16(13-22-19)20(25)24(18-9-10-18)14-15-6-5-7-17(21)12-15/h5-8,11-13,18H,3-4,9-10,14H2,1-2H3. The fourth-order valence-electron chi connectivity index (χ4n) is 3.00. The second kappa shape index (κ2) is 8.00. The fraction of sp³-hybridized carbons (Fsp3) is 0.400. The first-order valence-corrected chi connectivity index (χ1v) is 9.68. The summed E-state index contributed by atoms with van der Waals surface area (Å²) in [6, 6.07) is 12.4. The number of amides is 1. The molecule has 1 aromatic heterocycles. The van der Waals surface area contributed by atoms with Gasteiger partial charge in [0.15, 0.2) is 0 Å². The summed E-state index contributed by atoms with van der Waals surface area (Å²) in [5.41, 5.74) is 1.81. The summed E-state index contributed by atoms with van der Waals surface area (Å²) in [6.45, 7) is 6.68. The lowest BCUT2D eigenvalue weighted by Crippen LogP contribution is -2.32. The third kappa shape index (κ3) is 4.40. The van der Waals surface area contributed by atoms with Crippen molar-refractivity contribution in [2.24, 2.45) is 0 Å². The van der Waals surface area contributed by atoms with Crippen molar-refractivity contribution in [3.63, 3.8) is 0 Å². The predicted octanol–water partition coefficient (Wildman–Crippen LogP) is 4.50. The molecule has 0 atom stereocenters. The van der Waals surface area contributed by atoms with Gasteiger partial charge in [0.05, 0.1) is 5.56 Å². The molecule has 1 heterocycles. The van der Waals surface area contributed by atoms with E-state index in [1.807, 2.05) is 29.2 Å². The summed E-state index contributed by atoms with van der Waals surface area (Å²) in [5.74, 6) is 0.993. The molecule has 0 bridgehead atoms. The average Bonchev–Trinajstić information content (AvgIpc) is 3.46. The quantitative estimate of drug-likeness (QED) is 0.685. The van der Waals surface area contributed by atoms with Crippen LogP contribution in [0.4, 0.5) is 5.82 Å². The number of nitrogens with zero attached hydrogens (tertiary/aromatic N) is 3. The van der Waals surface area contributed by atoms with Gasteiger partial charge in [-0.3, -0.25) is 4.79 Å². The lowest BCUT2D eigenvalue weighted by Gasteiger charge is -2.23. The molecule has 1 aromatic carbocycles. The molecule has 132 valence electrons. The molecule has 0 spiro atoms. The van der Waals surface area contributed by atoms with Gasteiger partial charge in [-0.1, -0.05) is 28.1 Å². The molecule has 25 heavy (non-hydrogen) atoms. The Bertz CT molecular complexity index is 724. The zero-order chi connectivity index (χ0) is 17.8. The van der Waals surface area contributed by atoms with Gasteiger partial charge in [0.25, 0.3) is 5.91 Å². The van der Waals surface area contributed by atoms with Crippen LogP contribution < -0.4 is 4.90 Å². The molecule has 0 N–H and O–H groups in total. The Morgan fingerprint density at radius 2 is 1.96 bits per heavy atom. The summed E-state index contributed by atoms with van der Waals surface area (Å²) in [7, 11) is 0. The molecular formula is C20H24BrN3O. The molecule has 5 heteroatoms. The third-order valence-corrected chi connectivity index (χ3v) is 5.07. The minimum Gasteiger partial charge on any atom is -0.357 e. The van der Waals surface area contributed by atoms with Crippen molar-refractivity contribution in [3.8, 4) is 0 Å². The van der Waals surface area contributed by atoms with Gasteiger partial charge in [0, 0.05) is 36.3 Å². The Labute approximate surface area is 158 Å². The summed E-state index contributed by atoms with van der Waals surface area (Å²) < 4.78 is 1.04. The zero-order valence-electron chi connectivity index (χ0n) is 14.8. The third-order valence-electron chi connectivity index (χ3n) is 4.57. The van der Waals surface area contributed by atoms with Gasteiger partial charge >= 0.3 is 0 Å². The van der Waals surface area contributed by atoms with Crippen LogP contribution in [0.25, 0.3) is 0 Å². The van der Waals surface area contributed by atoms with E-state index in [1.54, 1.807) is 6.20 Å². The molecule has 4 nitrogen and oxygen atoms in total. The SMILES string of the molecule is CCN(CC)c1ccc(C(=O)N(Cc2cccc(Br)c2)C2CC2)cn1. The second-order valence-corrected chi connectivity index (χ2v) is 7.29. The molecule has 0 aliphatic heterocycles. The van der Waals surface area contributed by atoms with Gasteiger partial charge in [-0.25, -0.2) is 4.98 Å². The van der Waals surface area contributed by atoms with Crippen LogP contribution in [0.1, 0.15) is 42.6 Å². The van der Waals surface area contributed by atoms with Gasteiger partial charge < -0.3 is 9.80 Å². The lowest BCUT2D eigenvalue weighted by atomic mass is 10.2. The van der Waals surface area contributed by atoms with Crippen molar-refractivity contribution in [1.29, 1.82) is 0 Å². The van der Waals surface area contributed by atoms with Gasteiger partial charge in [0.1, 0.15) is 5.82 Å². The highest BCUT2D eigenvalue weighted by Gasteiger charge is 2.33. The Balaban J connectivity index is 1.76. The predicted molar refractivity (Wildman–Crippen MR) is 105 cm³/mol. The van der Waals surface area contributed by atoms with Crippen LogP contribution >= 0.6 is 15.9 Å². The summed E-state index contributed by atoms with van der Waals surface area (Å²) in [6.07, 6.45) is 3.89. The monoisotopic (exact) mass is 401 g/mol. The van der Waals surface area contributed by atoms with E-state index in [9.17, 15) is 4.79 Å². The maximum Gasteiger partial charge on any atom is 0.255 e. The van der Waals surface area contributed by atoms with Gasteiger partial charge in [-0.15, -0.1) is 0 Å². The highest BCUT2D eigenvalue weighted by Crippen LogP contribution is 2.30. The highest BCUT2D eigenvalue weighted by molar-refractivity contribution is 9.10. The van der Waals surface area contributed by atoms with E-state index >= 15 is 0 Å². The van der Waals surface area contributed by atoms with Crippen LogP contribution in [0.3, 0.4) is 0 Å². The number of aromatic nitrogens is 1. The highest BCUT2D eigenvalue weighted by atomic mass is 79.9. The molecule has 3 rings (SSSR count). The van der Waals surface area contributed by atoms with Crippen molar-refractivity contribution in [2.75, 3.05) is 18.0 Å². The molecule has 2 aromatic rings. The Morgan fingerprint density at radius 3 is 2.52 bits per heavy atom. The summed E-state index contributed by atoms with van der Waals surface area (Å²) in [4.78, 5) is 21.6. The van der Waals surface area contributed by atoms with E-state index in [0.717, 1.165) is 41.8 Å². The maximum absolute atomic E-state index is 13.0. The number of hydrogen-bond donors (Lipinski definition) is 0. The average molecular weight is 402 g/mol. The van der Waals surface area contributed by atoms with Crippen molar-refractivity contribution in [2.45, 2.75) is 39.3 Å². The van der Waals surface area contributed by atoms with Crippen molar-refractivity contribution >= 4 is 27.7 Å². The normalized spacial score (nSPS) is 13.6. The Kier molecular flexibility index (Phi) is 5.74. The molecule has 1 saturated carbocycles. The number of benzene rings is 1. The van der Waals surface area contributed by atoms with Crippen LogP contribution in [-0.2, 0) is 6.54 Å². The molecule has 0 unspecified atom stereocenters. The molecule has 0 saturated heterocycles. The first kappa shape index (κ1) is 17.9. The minimum absolute atomic E-state index is 0.0704. The smallest absolute Gasteiger partial charge is 0.255 e. The van der Waals surface area contributed by atoms with Crippen molar-refractivity contribution in [1.82, 2.24) is 9.88 Å². The van der Waals surface area contributed by atoms with Crippen molar-refractivity contribution < 1.29 is 4.79 Å². The number of pyridine rings is 1. The first-order chi connectivity index (χ1) is 12.1. The Morgan fingerprint density at radius 1 is 1.20 bits per heavy atom. The van der Waals surface area contributed by atoms with E-state index in [4.69, 9.17) is 0 Å². The topological polar surface area (TPSA) is 36.4 Å². The molecular weight excluding hydrogens is 378 g/mol. The van der Waals surface area contributed by atoms with Crippen LogP contribution in [0, 0.1) is 0 Å². The van der Waals surface area contributed by atoms with E-state index in [1.165, 1.54) is 0 Å². The number of carbonyl (C=O) groups excluding carboxylic acids is 1. The van der Waals surface area contributed by atoms with Crippen LogP contribution in [-0.4, -0.2) is 34.9 Å². The van der Waals surface area contributed by atoms with Gasteiger partial charge in [-0.05, 0) is 56.5 Å². The van der Waals surface area contributed by atoms with E-state index in [-0.39, 0.29) is 5.91 Å². The van der Waals surface area contributed by atoms with E-state index in [0.29, 0.717) is 18.2 Å². The fourth-order valence-corrected chi connectivity index (χ4v) is 3.44. The molecule has 1 fully saturated rings.